The predicted molar refractivity (Wildman–Crippen MR) is 111 cm³/mol. The largest absolute Gasteiger partial charge is 0.493 e. The minimum absolute atomic E-state index is 0.118. The van der Waals surface area contributed by atoms with Crippen molar-refractivity contribution in [3.63, 3.8) is 0 Å². The molecule has 0 radical (unpaired) electrons. The number of hydrogen-bond acceptors (Lipinski definition) is 7. The van der Waals surface area contributed by atoms with Crippen LogP contribution in [0.4, 0.5) is 5.69 Å². The first kappa shape index (κ1) is 21.3. The molecule has 0 saturated carbocycles. The first-order valence-corrected chi connectivity index (χ1v) is 9.48. The molecule has 0 atom stereocenters. The summed E-state index contributed by atoms with van der Waals surface area (Å²) in [4.78, 5) is 25.8. The standard InChI is InChI=1S/C22H25NO7/c1-12(2)20(24)14-10-16-17(30-7-6-29-16)11-15(14)23-22(25)13-8-18(26-3)21(28-5)19(9-13)27-4/h8-12H,6-7H2,1-5H3,(H,23,25). The number of ketones is 1. The number of rotatable bonds is 7. The Morgan fingerprint density at radius 1 is 0.900 bits per heavy atom. The molecule has 1 aliphatic rings. The summed E-state index contributed by atoms with van der Waals surface area (Å²) in [7, 11) is 4.43. The number of nitrogens with one attached hydrogen (secondary N) is 1. The van der Waals surface area contributed by atoms with Gasteiger partial charge in [0, 0.05) is 23.1 Å². The maximum absolute atomic E-state index is 13.0. The van der Waals surface area contributed by atoms with Crippen LogP contribution in [0.25, 0.3) is 0 Å². The Bertz CT molecular complexity index is 943. The van der Waals surface area contributed by atoms with Gasteiger partial charge >= 0.3 is 0 Å². The molecule has 0 bridgehead atoms. The quantitative estimate of drug-likeness (QED) is 0.691. The molecule has 3 rings (SSSR count). The van der Waals surface area contributed by atoms with Crippen molar-refractivity contribution in [3.05, 3.63) is 35.4 Å². The van der Waals surface area contributed by atoms with Gasteiger partial charge in [0.2, 0.25) is 5.75 Å². The summed E-state index contributed by atoms with van der Waals surface area (Å²) in [6.45, 7) is 4.39. The second-order valence-corrected chi connectivity index (χ2v) is 6.93. The zero-order valence-corrected chi connectivity index (χ0v) is 17.7. The van der Waals surface area contributed by atoms with Gasteiger partial charge < -0.3 is 29.0 Å². The molecule has 0 fully saturated rings. The van der Waals surface area contributed by atoms with Crippen LogP contribution >= 0.6 is 0 Å². The van der Waals surface area contributed by atoms with E-state index in [0.717, 1.165) is 0 Å². The van der Waals surface area contributed by atoms with Crippen LogP contribution in [0.1, 0.15) is 34.6 Å². The van der Waals surface area contributed by atoms with E-state index in [2.05, 4.69) is 5.32 Å². The SMILES string of the molecule is COc1cc(C(=O)Nc2cc3c(cc2C(=O)C(C)C)OCCO3)cc(OC)c1OC. The van der Waals surface area contributed by atoms with Gasteiger partial charge in [-0.15, -0.1) is 0 Å². The van der Waals surface area contributed by atoms with E-state index >= 15 is 0 Å². The normalized spacial score (nSPS) is 12.3. The van der Waals surface area contributed by atoms with Gasteiger partial charge in [-0.3, -0.25) is 9.59 Å². The van der Waals surface area contributed by atoms with Crippen molar-refractivity contribution in [3.8, 4) is 28.7 Å². The number of methoxy groups -OCH3 is 3. The van der Waals surface area contributed by atoms with Gasteiger partial charge in [-0.1, -0.05) is 13.8 Å². The Kier molecular flexibility index (Phi) is 6.34. The molecule has 8 nitrogen and oxygen atoms in total. The van der Waals surface area contributed by atoms with Crippen LogP contribution in [0.15, 0.2) is 24.3 Å². The van der Waals surface area contributed by atoms with Crippen molar-refractivity contribution in [2.24, 2.45) is 5.92 Å². The number of Topliss-reactive ketones (excluding diaryl/α,β-unsaturated/α-hetero) is 1. The maximum Gasteiger partial charge on any atom is 0.255 e. The lowest BCUT2D eigenvalue weighted by molar-refractivity contribution is 0.0939. The van der Waals surface area contributed by atoms with Crippen LogP contribution in [0, 0.1) is 5.92 Å². The molecule has 1 heterocycles. The highest BCUT2D eigenvalue weighted by Crippen LogP contribution is 2.39. The van der Waals surface area contributed by atoms with E-state index < -0.39 is 5.91 Å². The zero-order valence-electron chi connectivity index (χ0n) is 17.7. The fraction of sp³-hybridized carbons (Fsp3) is 0.364. The molecule has 160 valence electrons. The Morgan fingerprint density at radius 2 is 1.47 bits per heavy atom. The van der Waals surface area contributed by atoms with E-state index in [0.29, 0.717) is 53.2 Å². The summed E-state index contributed by atoms with van der Waals surface area (Å²) in [6.07, 6.45) is 0. The van der Waals surface area contributed by atoms with Crippen molar-refractivity contribution in [1.29, 1.82) is 0 Å². The van der Waals surface area contributed by atoms with Crippen LogP contribution < -0.4 is 29.0 Å². The van der Waals surface area contributed by atoms with E-state index in [1.165, 1.54) is 21.3 Å². The summed E-state index contributed by atoms with van der Waals surface area (Å²) in [6, 6.07) is 6.30. The molecule has 8 heteroatoms. The Labute approximate surface area is 175 Å². The van der Waals surface area contributed by atoms with Gasteiger partial charge in [-0.05, 0) is 18.2 Å². The van der Waals surface area contributed by atoms with Gasteiger partial charge in [0.15, 0.2) is 28.8 Å². The van der Waals surface area contributed by atoms with Gasteiger partial charge in [0.1, 0.15) is 13.2 Å². The summed E-state index contributed by atoms with van der Waals surface area (Å²) in [5.41, 5.74) is 0.981. The van der Waals surface area contributed by atoms with Crippen molar-refractivity contribution in [2.45, 2.75) is 13.8 Å². The smallest absolute Gasteiger partial charge is 0.255 e. The van der Waals surface area contributed by atoms with E-state index in [-0.39, 0.29) is 17.3 Å². The van der Waals surface area contributed by atoms with Crippen LogP contribution in [-0.2, 0) is 0 Å². The molecule has 30 heavy (non-hydrogen) atoms. The highest BCUT2D eigenvalue weighted by molar-refractivity contribution is 6.10. The molecule has 2 aromatic carbocycles. The Balaban J connectivity index is 2.01. The highest BCUT2D eigenvalue weighted by Gasteiger charge is 2.24. The second kappa shape index (κ2) is 8.94. The van der Waals surface area contributed by atoms with Crippen molar-refractivity contribution >= 4 is 17.4 Å². The summed E-state index contributed by atoms with van der Waals surface area (Å²) in [5, 5.41) is 2.81. The fourth-order valence-corrected chi connectivity index (χ4v) is 3.11. The van der Waals surface area contributed by atoms with Gasteiger partial charge in [-0.2, -0.15) is 0 Å². The summed E-state index contributed by atoms with van der Waals surface area (Å²) >= 11 is 0. The number of carbonyl (C=O) groups is 2. The van der Waals surface area contributed by atoms with E-state index in [9.17, 15) is 9.59 Å². The van der Waals surface area contributed by atoms with E-state index in [1.54, 1.807) is 38.1 Å². The van der Waals surface area contributed by atoms with Crippen molar-refractivity contribution < 1.29 is 33.3 Å². The van der Waals surface area contributed by atoms with Crippen LogP contribution in [0.5, 0.6) is 28.7 Å². The minimum Gasteiger partial charge on any atom is -0.493 e. The van der Waals surface area contributed by atoms with Crippen LogP contribution in [0.3, 0.4) is 0 Å². The number of carbonyl (C=O) groups excluding carboxylic acids is 2. The lowest BCUT2D eigenvalue weighted by Gasteiger charge is -2.22. The highest BCUT2D eigenvalue weighted by atomic mass is 16.6. The zero-order chi connectivity index (χ0) is 21.8. The average Bonchev–Trinajstić information content (AvgIpc) is 2.76. The third-order valence-corrected chi connectivity index (χ3v) is 4.65. The molecule has 0 saturated heterocycles. The predicted octanol–water partition coefficient (Wildman–Crippen LogP) is 3.57. The number of anilines is 1. The third-order valence-electron chi connectivity index (χ3n) is 4.65. The molecule has 1 N–H and O–H groups in total. The molecule has 0 aromatic heterocycles. The molecule has 1 aliphatic heterocycles. The third kappa shape index (κ3) is 4.12. The number of hydrogen-bond donors (Lipinski definition) is 1. The maximum atomic E-state index is 13.0. The number of benzene rings is 2. The monoisotopic (exact) mass is 415 g/mol. The van der Waals surface area contributed by atoms with E-state index in [1.807, 2.05) is 0 Å². The summed E-state index contributed by atoms with van der Waals surface area (Å²) < 4.78 is 27.1. The van der Waals surface area contributed by atoms with Gasteiger partial charge in [-0.25, -0.2) is 0 Å². The molecular formula is C22H25NO7. The average molecular weight is 415 g/mol. The Hall–Kier alpha value is -3.42. The lowest BCUT2D eigenvalue weighted by atomic mass is 9.98. The Morgan fingerprint density at radius 3 is 1.97 bits per heavy atom. The molecule has 0 unspecified atom stereocenters. The first-order chi connectivity index (χ1) is 14.4. The molecule has 2 aromatic rings. The van der Waals surface area contributed by atoms with Gasteiger partial charge in [0.05, 0.1) is 27.0 Å². The topological polar surface area (TPSA) is 92.3 Å². The number of ether oxygens (including phenoxy) is 5. The molecule has 0 spiro atoms. The van der Waals surface area contributed by atoms with E-state index in [4.69, 9.17) is 23.7 Å². The number of fused-ring (bicyclic) bond motifs is 1. The van der Waals surface area contributed by atoms with Crippen molar-refractivity contribution in [2.75, 3.05) is 39.9 Å². The van der Waals surface area contributed by atoms with Crippen molar-refractivity contribution in [1.82, 2.24) is 0 Å². The van der Waals surface area contributed by atoms with Gasteiger partial charge in [0.25, 0.3) is 5.91 Å². The van der Waals surface area contributed by atoms with Crippen LogP contribution in [-0.4, -0.2) is 46.2 Å². The fourth-order valence-electron chi connectivity index (χ4n) is 3.11. The minimum atomic E-state index is -0.441. The number of amides is 1. The lowest BCUT2D eigenvalue weighted by Crippen LogP contribution is -2.20. The molecule has 0 aliphatic carbocycles. The van der Waals surface area contributed by atoms with Crippen LogP contribution in [0.2, 0.25) is 0 Å². The molecular weight excluding hydrogens is 390 g/mol. The molecule has 1 amide bonds. The summed E-state index contributed by atoms with van der Waals surface area (Å²) in [5.74, 6) is 1.22. The first-order valence-electron chi connectivity index (χ1n) is 9.48. The second-order valence-electron chi connectivity index (χ2n) is 6.93.